The molecule has 0 atom stereocenters. The Labute approximate surface area is 190 Å². The van der Waals surface area contributed by atoms with Crippen molar-refractivity contribution in [3.05, 3.63) is 50.9 Å². The minimum Gasteiger partial charge on any atom is -0.497 e. The lowest BCUT2D eigenvalue weighted by molar-refractivity contribution is -0.139. The Kier molecular flexibility index (Phi) is 5.63. The lowest BCUT2D eigenvalue weighted by Gasteiger charge is -2.33. The van der Waals surface area contributed by atoms with E-state index in [2.05, 4.69) is 4.98 Å². The van der Waals surface area contributed by atoms with Crippen molar-refractivity contribution in [3.8, 4) is 11.5 Å². The number of ether oxygens (including phenoxy) is 2. The van der Waals surface area contributed by atoms with Crippen LogP contribution in [0.3, 0.4) is 0 Å². The summed E-state index contributed by atoms with van der Waals surface area (Å²) >= 11 is 1.55. The van der Waals surface area contributed by atoms with E-state index in [4.69, 9.17) is 9.47 Å². The number of hydrogen-bond donors (Lipinski definition) is 0. The van der Waals surface area contributed by atoms with Crippen LogP contribution < -0.4 is 15.0 Å². The highest BCUT2D eigenvalue weighted by molar-refractivity contribution is 7.18. The highest BCUT2D eigenvalue weighted by atomic mass is 32.1. The molecule has 0 unspecified atom stereocenters. The number of aromatic nitrogens is 2. The number of aryl methyl sites for hydroxylation is 2. The lowest BCUT2D eigenvalue weighted by atomic mass is 9.84. The van der Waals surface area contributed by atoms with E-state index >= 15 is 0 Å². The molecule has 8 heteroatoms. The third-order valence-corrected chi connectivity index (χ3v) is 7.77. The predicted molar refractivity (Wildman–Crippen MR) is 124 cm³/mol. The number of carbonyl (C=O) groups is 1. The Bertz CT molecular complexity index is 1210. The standard InChI is InChI=1S/C24H27N3O4S/c1-30-17-10-15(11-18(12-17)31-2)6-8-27-14-25-22-21(24(27)29)19-7-9-26(13-20(19)32-22)23(28)16-4-3-5-16/h10-12,14,16H,3-9,13H2,1-2H3. The molecule has 1 fully saturated rings. The first-order valence-electron chi connectivity index (χ1n) is 11.1. The number of benzene rings is 1. The van der Waals surface area contributed by atoms with Gasteiger partial charge in [-0.15, -0.1) is 11.3 Å². The Morgan fingerprint density at radius 1 is 1.19 bits per heavy atom. The highest BCUT2D eigenvalue weighted by Gasteiger charge is 2.32. The molecule has 1 aliphatic carbocycles. The fourth-order valence-corrected chi connectivity index (χ4v) is 5.73. The molecule has 0 spiro atoms. The van der Waals surface area contributed by atoms with Gasteiger partial charge in [-0.2, -0.15) is 0 Å². The summed E-state index contributed by atoms with van der Waals surface area (Å²) in [5.41, 5.74) is 2.12. The quantitative estimate of drug-likeness (QED) is 0.572. The van der Waals surface area contributed by atoms with Gasteiger partial charge in [-0.05, 0) is 48.9 Å². The molecule has 1 aliphatic heterocycles. The maximum Gasteiger partial charge on any atom is 0.262 e. The lowest BCUT2D eigenvalue weighted by Crippen LogP contribution is -2.41. The third kappa shape index (κ3) is 3.77. The normalized spacial score (nSPS) is 16.0. The summed E-state index contributed by atoms with van der Waals surface area (Å²) < 4.78 is 12.4. The van der Waals surface area contributed by atoms with E-state index in [1.807, 2.05) is 23.1 Å². The number of nitrogens with zero attached hydrogens (tertiary/aromatic N) is 3. The van der Waals surface area contributed by atoms with Crippen LogP contribution in [-0.4, -0.2) is 41.1 Å². The average molecular weight is 454 g/mol. The van der Waals surface area contributed by atoms with E-state index in [9.17, 15) is 9.59 Å². The van der Waals surface area contributed by atoms with Gasteiger partial charge in [0.2, 0.25) is 5.91 Å². The van der Waals surface area contributed by atoms with Gasteiger partial charge in [0, 0.05) is 30.0 Å². The van der Waals surface area contributed by atoms with Crippen molar-refractivity contribution >= 4 is 27.5 Å². The number of hydrogen-bond acceptors (Lipinski definition) is 6. The SMILES string of the molecule is COc1cc(CCn2cnc3sc4c(c3c2=O)CCN(C(=O)C2CCC2)C4)cc(OC)c1. The summed E-state index contributed by atoms with van der Waals surface area (Å²) in [6, 6.07) is 5.75. The minimum atomic E-state index is 0.00105. The molecule has 3 heterocycles. The van der Waals surface area contributed by atoms with Gasteiger partial charge in [0.05, 0.1) is 32.5 Å². The van der Waals surface area contributed by atoms with Crippen molar-refractivity contribution < 1.29 is 14.3 Å². The zero-order chi connectivity index (χ0) is 22.2. The molecule has 168 valence electrons. The van der Waals surface area contributed by atoms with Gasteiger partial charge < -0.3 is 14.4 Å². The van der Waals surface area contributed by atoms with Crippen LogP contribution >= 0.6 is 11.3 Å². The summed E-state index contributed by atoms with van der Waals surface area (Å²) in [6.07, 6.45) is 6.21. The maximum absolute atomic E-state index is 13.3. The van der Waals surface area contributed by atoms with Crippen molar-refractivity contribution in [3.63, 3.8) is 0 Å². The summed E-state index contributed by atoms with van der Waals surface area (Å²) in [5, 5.41) is 0.728. The van der Waals surface area contributed by atoms with Crippen LogP contribution in [0.2, 0.25) is 0 Å². The van der Waals surface area contributed by atoms with Crippen molar-refractivity contribution in [1.29, 1.82) is 0 Å². The summed E-state index contributed by atoms with van der Waals surface area (Å²) in [6.45, 7) is 1.82. The molecule has 7 nitrogen and oxygen atoms in total. The number of methoxy groups -OCH3 is 2. The monoisotopic (exact) mass is 453 g/mol. The van der Waals surface area contributed by atoms with Gasteiger partial charge in [0.25, 0.3) is 5.56 Å². The second-order valence-electron chi connectivity index (χ2n) is 8.54. The smallest absolute Gasteiger partial charge is 0.262 e. The number of thiophene rings is 1. The van der Waals surface area contributed by atoms with Crippen LogP contribution in [0.4, 0.5) is 0 Å². The van der Waals surface area contributed by atoms with E-state index in [1.54, 1.807) is 36.5 Å². The molecule has 5 rings (SSSR count). The zero-order valence-electron chi connectivity index (χ0n) is 18.4. The Morgan fingerprint density at radius 3 is 2.59 bits per heavy atom. The first kappa shape index (κ1) is 21.0. The molecule has 1 aromatic carbocycles. The van der Waals surface area contributed by atoms with Crippen molar-refractivity contribution in [1.82, 2.24) is 14.5 Å². The summed E-state index contributed by atoms with van der Waals surface area (Å²) in [7, 11) is 3.25. The van der Waals surface area contributed by atoms with Crippen LogP contribution in [0, 0.1) is 5.92 Å². The second-order valence-corrected chi connectivity index (χ2v) is 9.62. The second kappa shape index (κ2) is 8.58. The molecule has 1 amide bonds. The van der Waals surface area contributed by atoms with Gasteiger partial charge in [-0.25, -0.2) is 4.98 Å². The maximum atomic E-state index is 13.3. The van der Waals surface area contributed by atoms with Gasteiger partial charge in [-0.3, -0.25) is 14.2 Å². The molecule has 0 N–H and O–H groups in total. The number of fused-ring (bicyclic) bond motifs is 3. The number of amides is 1. The van der Waals surface area contributed by atoms with Crippen LogP contribution in [0.1, 0.15) is 35.3 Å². The van der Waals surface area contributed by atoms with Gasteiger partial charge in [0.1, 0.15) is 16.3 Å². The predicted octanol–water partition coefficient (Wildman–Crippen LogP) is 3.40. The molecule has 0 radical (unpaired) electrons. The zero-order valence-corrected chi connectivity index (χ0v) is 19.2. The molecule has 32 heavy (non-hydrogen) atoms. The van der Waals surface area contributed by atoms with Gasteiger partial charge in [-0.1, -0.05) is 6.42 Å². The molecule has 1 saturated carbocycles. The topological polar surface area (TPSA) is 73.7 Å². The van der Waals surface area contributed by atoms with Crippen molar-refractivity contribution in [2.45, 2.75) is 45.2 Å². The Balaban J connectivity index is 1.38. The van der Waals surface area contributed by atoms with Crippen LogP contribution in [0.15, 0.2) is 29.3 Å². The van der Waals surface area contributed by atoms with E-state index in [0.29, 0.717) is 26.1 Å². The van der Waals surface area contributed by atoms with E-state index in [-0.39, 0.29) is 17.4 Å². The number of rotatable bonds is 6. The average Bonchev–Trinajstić information content (AvgIpc) is 3.15. The molecular weight excluding hydrogens is 426 g/mol. The van der Waals surface area contributed by atoms with Crippen LogP contribution in [0.5, 0.6) is 11.5 Å². The summed E-state index contributed by atoms with van der Waals surface area (Å²) in [4.78, 5) is 34.4. The Hall–Kier alpha value is -2.87. The van der Waals surface area contributed by atoms with E-state index in [1.165, 1.54) is 0 Å². The first-order chi connectivity index (χ1) is 15.6. The first-order valence-corrected chi connectivity index (χ1v) is 11.9. The molecule has 3 aromatic rings. The fourth-order valence-electron chi connectivity index (χ4n) is 4.54. The molecule has 2 aromatic heterocycles. The molecule has 0 saturated heterocycles. The van der Waals surface area contributed by atoms with Gasteiger partial charge in [0.15, 0.2) is 0 Å². The van der Waals surface area contributed by atoms with Crippen molar-refractivity contribution in [2.24, 2.45) is 5.92 Å². The Morgan fingerprint density at radius 2 is 1.94 bits per heavy atom. The third-order valence-electron chi connectivity index (χ3n) is 6.65. The molecule has 0 bridgehead atoms. The highest BCUT2D eigenvalue weighted by Crippen LogP contribution is 2.35. The van der Waals surface area contributed by atoms with Crippen LogP contribution in [-0.2, 0) is 30.7 Å². The number of carbonyl (C=O) groups excluding carboxylic acids is 1. The van der Waals surface area contributed by atoms with E-state index < -0.39 is 0 Å². The van der Waals surface area contributed by atoms with Gasteiger partial charge >= 0.3 is 0 Å². The van der Waals surface area contributed by atoms with Crippen LogP contribution in [0.25, 0.3) is 10.2 Å². The summed E-state index contributed by atoms with van der Waals surface area (Å²) in [5.74, 6) is 1.94. The molecular formula is C24H27N3O4S. The molecule has 2 aliphatic rings. The fraction of sp³-hybridized carbons (Fsp3) is 0.458. The minimum absolute atomic E-state index is 0.00105. The van der Waals surface area contributed by atoms with Crippen molar-refractivity contribution in [2.75, 3.05) is 20.8 Å². The largest absolute Gasteiger partial charge is 0.497 e. The van der Waals surface area contributed by atoms with E-state index in [0.717, 1.165) is 63.4 Å².